The molecule has 19 heavy (non-hydrogen) atoms. The molecule has 2 rings (SSSR count). The third-order valence-electron chi connectivity index (χ3n) is 3.92. The minimum absolute atomic E-state index is 0.294. The lowest BCUT2D eigenvalue weighted by atomic mass is 9.85. The minimum Gasteiger partial charge on any atom is -0.465 e. The number of methoxy groups -OCH3 is 1. The average Bonchev–Trinajstić information content (AvgIpc) is 2.79. The average molecular weight is 282 g/mol. The highest BCUT2D eigenvalue weighted by Crippen LogP contribution is 2.30. The summed E-state index contributed by atoms with van der Waals surface area (Å²) in [6, 6.07) is 0.499. The molecule has 0 saturated heterocycles. The van der Waals surface area contributed by atoms with Gasteiger partial charge in [-0.2, -0.15) is 0 Å². The summed E-state index contributed by atoms with van der Waals surface area (Å²) in [7, 11) is 1.40. The van der Waals surface area contributed by atoms with Crippen molar-refractivity contribution in [2.45, 2.75) is 52.0 Å². The lowest BCUT2D eigenvalue weighted by molar-refractivity contribution is 0.0605. The summed E-state index contributed by atoms with van der Waals surface area (Å²) in [6.07, 6.45) is 6.27. The molecule has 106 valence electrons. The maximum atomic E-state index is 11.5. The van der Waals surface area contributed by atoms with E-state index in [1.54, 1.807) is 0 Å². The molecule has 0 unspecified atom stereocenters. The molecule has 4 nitrogen and oxygen atoms in total. The van der Waals surface area contributed by atoms with Crippen molar-refractivity contribution in [1.82, 2.24) is 4.98 Å². The summed E-state index contributed by atoms with van der Waals surface area (Å²) in [4.78, 5) is 16.6. The van der Waals surface area contributed by atoms with E-state index in [-0.39, 0.29) is 5.97 Å². The number of rotatable bonds is 4. The smallest absolute Gasteiger partial charge is 0.350 e. The van der Waals surface area contributed by atoms with E-state index in [0.717, 1.165) is 16.7 Å². The van der Waals surface area contributed by atoms with Crippen LogP contribution in [-0.2, 0) is 4.74 Å². The topological polar surface area (TPSA) is 51.2 Å². The first-order chi connectivity index (χ1) is 9.13. The van der Waals surface area contributed by atoms with Gasteiger partial charge in [-0.05, 0) is 38.5 Å². The zero-order chi connectivity index (χ0) is 13.8. The van der Waals surface area contributed by atoms with Gasteiger partial charge in [0.25, 0.3) is 0 Å². The Bertz CT molecular complexity index is 437. The van der Waals surface area contributed by atoms with Gasteiger partial charge in [-0.15, -0.1) is 0 Å². The van der Waals surface area contributed by atoms with Gasteiger partial charge in [-0.1, -0.05) is 24.7 Å². The number of esters is 1. The Balaban J connectivity index is 1.95. The van der Waals surface area contributed by atoms with Crippen molar-refractivity contribution in [3.05, 3.63) is 10.6 Å². The summed E-state index contributed by atoms with van der Waals surface area (Å²) in [5.41, 5.74) is 0.751. The number of nitrogens with zero attached hydrogens (tertiary/aromatic N) is 1. The van der Waals surface area contributed by atoms with Gasteiger partial charge in [-0.25, -0.2) is 9.78 Å². The van der Waals surface area contributed by atoms with Gasteiger partial charge < -0.3 is 10.1 Å². The summed E-state index contributed by atoms with van der Waals surface area (Å²) >= 11 is 1.40. The van der Waals surface area contributed by atoms with E-state index >= 15 is 0 Å². The Morgan fingerprint density at radius 1 is 1.42 bits per heavy atom. The van der Waals surface area contributed by atoms with Crippen LogP contribution in [0.4, 0.5) is 5.13 Å². The summed E-state index contributed by atoms with van der Waals surface area (Å²) in [6.45, 7) is 4.12. The second kappa shape index (κ2) is 6.37. The molecule has 0 spiro atoms. The molecule has 1 aromatic heterocycles. The minimum atomic E-state index is -0.294. The van der Waals surface area contributed by atoms with E-state index in [4.69, 9.17) is 4.74 Å². The Kier molecular flexibility index (Phi) is 4.80. The molecule has 0 amide bonds. The van der Waals surface area contributed by atoms with Gasteiger partial charge >= 0.3 is 5.97 Å². The number of thiazole rings is 1. The Morgan fingerprint density at radius 3 is 2.68 bits per heavy atom. The number of nitrogens with one attached hydrogen (secondary N) is 1. The molecule has 1 N–H and O–H groups in total. The van der Waals surface area contributed by atoms with Crippen LogP contribution in [0.1, 0.15) is 54.4 Å². The molecule has 1 saturated carbocycles. The number of hydrogen-bond acceptors (Lipinski definition) is 5. The van der Waals surface area contributed by atoms with Crippen LogP contribution in [0.2, 0.25) is 0 Å². The van der Waals surface area contributed by atoms with Crippen LogP contribution < -0.4 is 5.32 Å². The molecular formula is C14H22N2O2S. The van der Waals surface area contributed by atoms with E-state index in [1.165, 1.54) is 50.6 Å². The predicted molar refractivity (Wildman–Crippen MR) is 77.9 cm³/mol. The first kappa shape index (κ1) is 14.3. The molecule has 1 aromatic rings. The van der Waals surface area contributed by atoms with Gasteiger partial charge in [-0.3, -0.25) is 0 Å². The molecule has 0 aliphatic heterocycles. The van der Waals surface area contributed by atoms with Gasteiger partial charge in [0.05, 0.1) is 12.8 Å². The summed E-state index contributed by atoms with van der Waals surface area (Å²) < 4.78 is 4.75. The highest BCUT2D eigenvalue weighted by Gasteiger charge is 2.22. The SMILES string of the molecule is CCC1CCC(Nc2nc(C)c(C(=O)OC)s2)CC1. The normalized spacial score (nSPS) is 23.1. The monoisotopic (exact) mass is 282 g/mol. The second-order valence-corrected chi connectivity index (χ2v) is 6.19. The van der Waals surface area contributed by atoms with E-state index in [1.807, 2.05) is 6.92 Å². The standard InChI is InChI=1S/C14H22N2O2S/c1-4-10-5-7-11(8-6-10)16-14-15-9(2)12(19-14)13(17)18-3/h10-11H,4-8H2,1-3H3,(H,15,16). The van der Waals surface area contributed by atoms with E-state index in [9.17, 15) is 4.79 Å². The number of hydrogen-bond donors (Lipinski definition) is 1. The fraction of sp³-hybridized carbons (Fsp3) is 0.714. The van der Waals surface area contributed by atoms with Crippen LogP contribution in [0, 0.1) is 12.8 Å². The molecular weight excluding hydrogens is 260 g/mol. The van der Waals surface area contributed by atoms with Gasteiger partial charge in [0.15, 0.2) is 5.13 Å². The van der Waals surface area contributed by atoms with Crippen molar-refractivity contribution in [2.75, 3.05) is 12.4 Å². The van der Waals surface area contributed by atoms with Crippen molar-refractivity contribution in [3.8, 4) is 0 Å². The van der Waals surface area contributed by atoms with Gasteiger partial charge in [0, 0.05) is 6.04 Å². The Labute approximate surface area is 118 Å². The van der Waals surface area contributed by atoms with Crippen LogP contribution in [-0.4, -0.2) is 24.1 Å². The molecule has 5 heteroatoms. The Hall–Kier alpha value is -1.10. The largest absolute Gasteiger partial charge is 0.465 e. The summed E-state index contributed by atoms with van der Waals surface area (Å²) in [5, 5.41) is 4.31. The maximum absolute atomic E-state index is 11.5. The van der Waals surface area contributed by atoms with Crippen molar-refractivity contribution < 1.29 is 9.53 Å². The van der Waals surface area contributed by atoms with E-state index in [0.29, 0.717) is 10.9 Å². The van der Waals surface area contributed by atoms with E-state index in [2.05, 4.69) is 17.2 Å². The van der Waals surface area contributed by atoms with Crippen LogP contribution in [0.5, 0.6) is 0 Å². The lowest BCUT2D eigenvalue weighted by Gasteiger charge is -2.28. The van der Waals surface area contributed by atoms with E-state index < -0.39 is 0 Å². The number of ether oxygens (including phenoxy) is 1. The lowest BCUT2D eigenvalue weighted by Crippen LogP contribution is -2.25. The van der Waals surface area contributed by atoms with Crippen LogP contribution in [0.25, 0.3) is 0 Å². The molecule has 1 fully saturated rings. The first-order valence-electron chi connectivity index (χ1n) is 6.96. The third kappa shape index (κ3) is 3.47. The zero-order valence-corrected chi connectivity index (χ0v) is 12.7. The predicted octanol–water partition coefficient (Wildman–Crippen LogP) is 3.62. The zero-order valence-electron chi connectivity index (χ0n) is 11.9. The number of carbonyl (C=O) groups excluding carboxylic acids is 1. The molecule has 0 aromatic carbocycles. The van der Waals surface area contributed by atoms with Crippen molar-refractivity contribution in [2.24, 2.45) is 5.92 Å². The summed E-state index contributed by atoms with van der Waals surface area (Å²) in [5.74, 6) is 0.597. The highest BCUT2D eigenvalue weighted by atomic mass is 32.1. The highest BCUT2D eigenvalue weighted by molar-refractivity contribution is 7.17. The Morgan fingerprint density at radius 2 is 2.11 bits per heavy atom. The molecule has 0 bridgehead atoms. The molecule has 1 aliphatic carbocycles. The second-order valence-electron chi connectivity index (χ2n) is 5.20. The quantitative estimate of drug-likeness (QED) is 0.857. The molecule has 0 atom stereocenters. The molecule has 1 aliphatic rings. The van der Waals surface area contributed by atoms with Crippen molar-refractivity contribution in [1.29, 1.82) is 0 Å². The number of anilines is 1. The van der Waals surface area contributed by atoms with Gasteiger partial charge in [0.2, 0.25) is 0 Å². The van der Waals surface area contributed by atoms with Crippen molar-refractivity contribution in [3.63, 3.8) is 0 Å². The number of aromatic nitrogens is 1. The number of aryl methyl sites for hydroxylation is 1. The maximum Gasteiger partial charge on any atom is 0.350 e. The van der Waals surface area contributed by atoms with Crippen LogP contribution >= 0.6 is 11.3 Å². The van der Waals surface area contributed by atoms with Crippen molar-refractivity contribution >= 4 is 22.4 Å². The van der Waals surface area contributed by atoms with Gasteiger partial charge in [0.1, 0.15) is 4.88 Å². The van der Waals surface area contributed by atoms with Crippen LogP contribution in [0.15, 0.2) is 0 Å². The first-order valence-corrected chi connectivity index (χ1v) is 7.78. The third-order valence-corrected chi connectivity index (χ3v) is 4.99. The fourth-order valence-electron chi connectivity index (χ4n) is 2.63. The molecule has 1 heterocycles. The molecule has 0 radical (unpaired) electrons. The fourth-order valence-corrected chi connectivity index (χ4v) is 3.59. The number of carbonyl (C=O) groups is 1. The van der Waals surface area contributed by atoms with Crippen LogP contribution in [0.3, 0.4) is 0 Å².